The van der Waals surface area contributed by atoms with Crippen LogP contribution in [-0.2, 0) is 4.79 Å². The average molecular weight is 469 g/mol. The number of hydrogen-bond donors (Lipinski definition) is 1. The van der Waals surface area contributed by atoms with E-state index in [0.717, 1.165) is 55.6 Å². The predicted molar refractivity (Wildman–Crippen MR) is 144 cm³/mol. The molecule has 0 unspecified atom stereocenters. The first kappa shape index (κ1) is 24.4. The van der Waals surface area contributed by atoms with E-state index in [-0.39, 0.29) is 11.5 Å². The molecular formula is C30H34N3O2+. The van der Waals surface area contributed by atoms with Crippen molar-refractivity contribution < 1.29 is 14.5 Å². The SMILES string of the molecule is CCCCN(CCCC)c1ccc(C2=C(O)/C(=C3\C=CC(/C=C/c4ccncc4)=[N+]3C)C2=O)cc1. The maximum absolute atomic E-state index is 13.1. The van der Waals surface area contributed by atoms with Crippen molar-refractivity contribution in [3.63, 3.8) is 0 Å². The van der Waals surface area contributed by atoms with Crippen molar-refractivity contribution in [3.8, 4) is 0 Å². The highest BCUT2D eigenvalue weighted by Crippen LogP contribution is 2.39. The van der Waals surface area contributed by atoms with Crippen LogP contribution in [0.2, 0.25) is 0 Å². The summed E-state index contributed by atoms with van der Waals surface area (Å²) in [5, 5.41) is 10.9. The molecule has 0 saturated heterocycles. The molecule has 0 bridgehead atoms. The number of rotatable bonds is 10. The second-order valence-electron chi connectivity index (χ2n) is 8.99. The minimum Gasteiger partial charge on any atom is -0.506 e. The normalized spacial score (nSPS) is 17.6. The molecule has 1 aromatic heterocycles. The predicted octanol–water partition coefficient (Wildman–Crippen LogP) is 5.96. The number of carbonyl (C=O) groups excluding carboxylic acids is 1. The summed E-state index contributed by atoms with van der Waals surface area (Å²) in [4.78, 5) is 19.6. The van der Waals surface area contributed by atoms with Crippen LogP contribution in [0.3, 0.4) is 0 Å². The number of nitrogens with zero attached hydrogens (tertiary/aromatic N) is 3. The summed E-state index contributed by atoms with van der Waals surface area (Å²) in [6.07, 6.45) is 16.0. The van der Waals surface area contributed by atoms with E-state index in [1.54, 1.807) is 12.4 Å². The molecular weight excluding hydrogens is 434 g/mol. The molecule has 1 aliphatic carbocycles. The molecule has 2 aliphatic rings. The van der Waals surface area contributed by atoms with Gasteiger partial charge in [-0.3, -0.25) is 9.78 Å². The molecule has 0 atom stereocenters. The van der Waals surface area contributed by atoms with Gasteiger partial charge in [-0.1, -0.05) is 38.8 Å². The zero-order chi connectivity index (χ0) is 24.8. The van der Waals surface area contributed by atoms with Crippen LogP contribution in [-0.4, -0.2) is 46.3 Å². The van der Waals surface area contributed by atoms with Gasteiger partial charge in [-0.2, -0.15) is 4.58 Å². The number of carbonyl (C=O) groups is 1. The number of aliphatic hydroxyl groups excluding tert-OH is 1. The number of ketones is 1. The number of pyridine rings is 1. The van der Waals surface area contributed by atoms with Crippen LogP contribution >= 0.6 is 0 Å². The highest BCUT2D eigenvalue weighted by atomic mass is 16.3. The lowest BCUT2D eigenvalue weighted by Crippen LogP contribution is -2.26. The van der Waals surface area contributed by atoms with E-state index < -0.39 is 0 Å². The molecule has 4 rings (SSSR count). The van der Waals surface area contributed by atoms with E-state index in [1.165, 1.54) is 5.69 Å². The van der Waals surface area contributed by atoms with E-state index in [9.17, 15) is 9.90 Å². The number of aliphatic hydroxyl groups is 1. The zero-order valence-electron chi connectivity index (χ0n) is 20.9. The first-order valence-electron chi connectivity index (χ1n) is 12.5. The molecule has 0 fully saturated rings. The fourth-order valence-electron chi connectivity index (χ4n) is 4.42. The summed E-state index contributed by atoms with van der Waals surface area (Å²) in [7, 11) is 1.91. The Morgan fingerprint density at radius 2 is 1.57 bits per heavy atom. The van der Waals surface area contributed by atoms with Crippen LogP contribution in [0.1, 0.15) is 50.7 Å². The van der Waals surface area contributed by atoms with Gasteiger partial charge in [-0.25, -0.2) is 0 Å². The summed E-state index contributed by atoms with van der Waals surface area (Å²) < 4.78 is 1.93. The van der Waals surface area contributed by atoms with Gasteiger partial charge in [-0.05, 0) is 54.3 Å². The summed E-state index contributed by atoms with van der Waals surface area (Å²) in [6.45, 7) is 6.48. The monoisotopic (exact) mass is 468 g/mol. The third kappa shape index (κ3) is 5.19. The van der Waals surface area contributed by atoms with Crippen molar-refractivity contribution in [2.75, 3.05) is 25.0 Å². The van der Waals surface area contributed by atoms with Gasteiger partial charge >= 0.3 is 0 Å². The van der Waals surface area contributed by atoms with Crippen LogP contribution < -0.4 is 4.90 Å². The molecule has 0 saturated carbocycles. The van der Waals surface area contributed by atoms with Crippen molar-refractivity contribution in [1.82, 2.24) is 4.98 Å². The number of anilines is 1. The van der Waals surface area contributed by atoms with Gasteiger partial charge in [0.1, 0.15) is 18.4 Å². The molecule has 2 heterocycles. The maximum Gasteiger partial charge on any atom is 0.220 e. The van der Waals surface area contributed by atoms with Crippen molar-refractivity contribution in [2.45, 2.75) is 39.5 Å². The molecule has 1 aromatic carbocycles. The fraction of sp³-hybridized carbons (Fsp3) is 0.300. The second kappa shape index (κ2) is 11.1. The Balaban J connectivity index is 1.56. The number of Topliss-reactive ketones (excluding diaryl/α,β-unsaturated/α-hetero) is 1. The summed E-state index contributed by atoms with van der Waals surface area (Å²) >= 11 is 0. The van der Waals surface area contributed by atoms with Gasteiger partial charge in [0, 0.05) is 49.4 Å². The van der Waals surface area contributed by atoms with Gasteiger partial charge in [0.15, 0.2) is 0 Å². The molecule has 0 amide bonds. The Bertz CT molecular complexity index is 1220. The van der Waals surface area contributed by atoms with E-state index in [2.05, 4.69) is 35.9 Å². The van der Waals surface area contributed by atoms with Gasteiger partial charge in [0.2, 0.25) is 17.2 Å². The third-order valence-electron chi connectivity index (χ3n) is 6.58. The minimum absolute atomic E-state index is 0.0717. The average Bonchev–Trinajstić information content (AvgIpc) is 3.23. The largest absolute Gasteiger partial charge is 0.506 e. The van der Waals surface area contributed by atoms with E-state index in [1.807, 2.05) is 60.2 Å². The van der Waals surface area contributed by atoms with Crippen LogP contribution in [0.4, 0.5) is 5.69 Å². The Labute approximate surface area is 208 Å². The Morgan fingerprint density at radius 1 is 0.914 bits per heavy atom. The highest BCUT2D eigenvalue weighted by Gasteiger charge is 2.41. The summed E-state index contributed by atoms with van der Waals surface area (Å²) in [5.74, 6) is -0.0441. The Morgan fingerprint density at radius 3 is 2.17 bits per heavy atom. The lowest BCUT2D eigenvalue weighted by molar-refractivity contribution is -0.434. The third-order valence-corrected chi connectivity index (χ3v) is 6.58. The first-order valence-corrected chi connectivity index (χ1v) is 12.5. The van der Waals surface area contributed by atoms with E-state index in [4.69, 9.17) is 0 Å². The fourth-order valence-corrected chi connectivity index (χ4v) is 4.42. The number of allylic oxidation sites excluding steroid dienone is 5. The molecule has 35 heavy (non-hydrogen) atoms. The van der Waals surface area contributed by atoms with Gasteiger partial charge < -0.3 is 10.0 Å². The van der Waals surface area contributed by atoms with E-state index >= 15 is 0 Å². The number of likely N-dealkylation sites (N-methyl/N-ethyl adjacent to an activating group) is 1. The van der Waals surface area contributed by atoms with Crippen LogP contribution in [0.15, 0.2) is 84.0 Å². The second-order valence-corrected chi connectivity index (χ2v) is 8.99. The lowest BCUT2D eigenvalue weighted by Gasteiger charge is -2.26. The zero-order valence-corrected chi connectivity index (χ0v) is 20.9. The number of hydrogen-bond acceptors (Lipinski definition) is 4. The summed E-state index contributed by atoms with van der Waals surface area (Å²) in [5.41, 5.74) is 5.41. The van der Waals surface area contributed by atoms with Gasteiger partial charge in [0.05, 0.1) is 5.57 Å². The summed E-state index contributed by atoms with van der Waals surface area (Å²) in [6, 6.07) is 11.9. The number of benzene rings is 1. The molecule has 5 heteroatoms. The smallest absolute Gasteiger partial charge is 0.220 e. The topological polar surface area (TPSA) is 56.4 Å². The van der Waals surface area contributed by atoms with Crippen LogP contribution in [0.5, 0.6) is 0 Å². The quantitative estimate of drug-likeness (QED) is 0.345. The number of aromatic nitrogens is 1. The van der Waals surface area contributed by atoms with Crippen LogP contribution in [0, 0.1) is 0 Å². The maximum atomic E-state index is 13.1. The molecule has 2 aromatic rings. The minimum atomic E-state index is -0.116. The molecule has 5 nitrogen and oxygen atoms in total. The molecule has 1 N–H and O–H groups in total. The first-order chi connectivity index (χ1) is 17.0. The Hall–Kier alpha value is -3.73. The van der Waals surface area contributed by atoms with Crippen molar-refractivity contribution in [1.29, 1.82) is 0 Å². The van der Waals surface area contributed by atoms with Gasteiger partial charge in [-0.15, -0.1) is 0 Å². The number of unbranched alkanes of at least 4 members (excludes halogenated alkanes) is 2. The standard InChI is InChI=1S/C30H33N3O2/c1-4-6-20-33(21-7-5-2)25-12-9-23(10-13-25)27-29(34)28(30(27)35)26-15-14-24(32(26)3)11-8-22-16-18-31-19-17-22/h8-19H,4-7,20-21H2,1-3H3/p+1. The van der Waals surface area contributed by atoms with Gasteiger partial charge in [0.25, 0.3) is 0 Å². The van der Waals surface area contributed by atoms with Crippen molar-refractivity contribution in [2.24, 2.45) is 0 Å². The molecule has 0 spiro atoms. The van der Waals surface area contributed by atoms with E-state index in [0.29, 0.717) is 16.8 Å². The molecule has 180 valence electrons. The molecule has 1 aliphatic heterocycles. The molecule has 0 radical (unpaired) electrons. The Kier molecular flexibility index (Phi) is 7.76. The van der Waals surface area contributed by atoms with Crippen LogP contribution in [0.25, 0.3) is 11.6 Å². The van der Waals surface area contributed by atoms with Crippen molar-refractivity contribution >= 4 is 28.8 Å². The van der Waals surface area contributed by atoms with Crippen molar-refractivity contribution in [3.05, 3.63) is 95.2 Å². The highest BCUT2D eigenvalue weighted by molar-refractivity contribution is 6.39. The lowest BCUT2D eigenvalue weighted by atomic mass is 9.82.